The number of anilines is 1. The predicted molar refractivity (Wildman–Crippen MR) is 91.4 cm³/mol. The van der Waals surface area contributed by atoms with Crippen LogP contribution in [-0.4, -0.2) is 30.2 Å². The molecule has 0 aliphatic carbocycles. The molecule has 0 radical (unpaired) electrons. The molecule has 2 N–H and O–H groups in total. The van der Waals surface area contributed by atoms with E-state index in [1.165, 1.54) is 11.8 Å². The highest BCUT2D eigenvalue weighted by Gasteiger charge is 2.52. The minimum absolute atomic E-state index is 0.157. The van der Waals surface area contributed by atoms with Crippen LogP contribution in [0.15, 0.2) is 41.6 Å². The smallest absolute Gasteiger partial charge is 0.267 e. The molecule has 0 saturated heterocycles. The van der Waals surface area contributed by atoms with Crippen molar-refractivity contribution in [1.82, 2.24) is 10.4 Å². The normalized spacial score (nSPS) is 21.1. The van der Waals surface area contributed by atoms with Crippen LogP contribution in [0.5, 0.6) is 11.6 Å². The molecule has 1 atom stereocenters. The van der Waals surface area contributed by atoms with Crippen molar-refractivity contribution in [2.75, 3.05) is 19.5 Å². The third-order valence-electron chi connectivity index (χ3n) is 3.93. The summed E-state index contributed by atoms with van der Waals surface area (Å²) in [7, 11) is 3.15. The summed E-state index contributed by atoms with van der Waals surface area (Å²) in [6.45, 7) is 0. The number of nitrogens with one attached hydrogen (secondary N) is 2. The number of nitrogens with zero attached hydrogens (tertiary/aromatic N) is 2. The molecule has 1 aromatic carbocycles. The number of rotatable bonds is 3. The zero-order valence-corrected chi connectivity index (χ0v) is 13.8. The van der Waals surface area contributed by atoms with Crippen molar-refractivity contribution in [1.29, 1.82) is 0 Å². The maximum absolute atomic E-state index is 12.6. The molecule has 0 fully saturated rings. The number of methoxy groups -OCH3 is 2. The number of hydrogen-bond donors (Lipinski definition) is 2. The molecule has 2 aromatic rings. The van der Waals surface area contributed by atoms with E-state index < -0.39 is 4.87 Å². The molecule has 4 rings (SSSR count). The molecule has 1 amide bonds. The van der Waals surface area contributed by atoms with Crippen LogP contribution in [0.25, 0.3) is 0 Å². The number of ether oxygens (including phenoxy) is 2. The predicted octanol–water partition coefficient (Wildman–Crippen LogP) is 1.90. The van der Waals surface area contributed by atoms with Crippen LogP contribution < -0.4 is 20.2 Å². The van der Waals surface area contributed by atoms with Gasteiger partial charge in [-0.15, -0.1) is 0 Å². The van der Waals surface area contributed by atoms with Crippen LogP contribution in [0, 0.1) is 0 Å². The van der Waals surface area contributed by atoms with E-state index in [0.717, 1.165) is 16.8 Å². The van der Waals surface area contributed by atoms with Gasteiger partial charge in [0, 0.05) is 29.5 Å². The Hall–Kier alpha value is -2.74. The quantitative estimate of drug-likeness (QED) is 0.886. The minimum atomic E-state index is -0.965. The molecule has 3 heterocycles. The van der Waals surface area contributed by atoms with E-state index in [-0.39, 0.29) is 5.91 Å². The molecular formula is C16H14N4O3S. The largest absolute Gasteiger partial charge is 0.497 e. The zero-order valence-electron chi connectivity index (χ0n) is 13.0. The van der Waals surface area contributed by atoms with E-state index in [2.05, 4.69) is 20.8 Å². The number of thioether (sulfide) groups is 1. The lowest BCUT2D eigenvalue weighted by atomic mass is 10.1. The maximum Gasteiger partial charge on any atom is 0.267 e. The van der Waals surface area contributed by atoms with Gasteiger partial charge < -0.3 is 14.8 Å². The van der Waals surface area contributed by atoms with E-state index >= 15 is 0 Å². The van der Waals surface area contributed by atoms with E-state index in [0.29, 0.717) is 16.7 Å². The highest BCUT2D eigenvalue weighted by Crippen LogP contribution is 2.48. The Labute approximate surface area is 142 Å². The lowest BCUT2D eigenvalue weighted by Gasteiger charge is -2.19. The van der Waals surface area contributed by atoms with Crippen molar-refractivity contribution in [3.63, 3.8) is 0 Å². The summed E-state index contributed by atoms with van der Waals surface area (Å²) in [6, 6.07) is 9.12. The van der Waals surface area contributed by atoms with Gasteiger partial charge in [0.25, 0.3) is 5.91 Å². The number of fused-ring (bicyclic) bond motifs is 2. The lowest BCUT2D eigenvalue weighted by molar-refractivity contribution is -0.118. The van der Waals surface area contributed by atoms with Crippen molar-refractivity contribution in [3.8, 4) is 11.6 Å². The molecule has 1 aromatic heterocycles. The van der Waals surface area contributed by atoms with Crippen LogP contribution in [0.4, 0.5) is 5.69 Å². The molecule has 2 aliphatic rings. The molecular weight excluding hydrogens is 328 g/mol. The van der Waals surface area contributed by atoms with E-state index in [4.69, 9.17) is 9.47 Å². The molecule has 1 spiro atoms. The zero-order chi connectivity index (χ0) is 16.7. The summed E-state index contributed by atoms with van der Waals surface area (Å²) in [5.74, 6) is 1.03. The van der Waals surface area contributed by atoms with Gasteiger partial charge in [0.2, 0.25) is 10.8 Å². The summed E-state index contributed by atoms with van der Waals surface area (Å²) in [6.07, 6.45) is 1.65. The first-order valence-corrected chi connectivity index (χ1v) is 8.02. The van der Waals surface area contributed by atoms with Gasteiger partial charge in [0.15, 0.2) is 0 Å². The van der Waals surface area contributed by atoms with Gasteiger partial charge >= 0.3 is 0 Å². The number of pyridine rings is 1. The van der Waals surface area contributed by atoms with E-state index in [1.54, 1.807) is 32.5 Å². The maximum atomic E-state index is 12.6. The minimum Gasteiger partial charge on any atom is -0.497 e. The third-order valence-corrected chi connectivity index (χ3v) is 5.25. The first kappa shape index (κ1) is 14.8. The Morgan fingerprint density at radius 3 is 2.83 bits per heavy atom. The summed E-state index contributed by atoms with van der Waals surface area (Å²) in [5, 5.41) is 7.95. The summed E-state index contributed by atoms with van der Waals surface area (Å²) >= 11 is 1.36. The number of hydrazone groups is 1. The summed E-state index contributed by atoms with van der Waals surface area (Å²) in [5.41, 5.74) is 5.39. The van der Waals surface area contributed by atoms with Gasteiger partial charge in [-0.3, -0.25) is 10.2 Å². The third kappa shape index (κ3) is 2.10. The van der Waals surface area contributed by atoms with E-state index in [9.17, 15) is 4.79 Å². The van der Waals surface area contributed by atoms with Crippen LogP contribution in [0.3, 0.4) is 0 Å². The van der Waals surface area contributed by atoms with E-state index in [1.807, 2.05) is 18.2 Å². The fraction of sp³-hybridized carbons (Fsp3) is 0.188. The lowest BCUT2D eigenvalue weighted by Crippen LogP contribution is -2.39. The molecule has 24 heavy (non-hydrogen) atoms. The van der Waals surface area contributed by atoms with Gasteiger partial charge in [-0.25, -0.2) is 4.98 Å². The second kappa shape index (κ2) is 5.41. The average Bonchev–Trinajstić information content (AvgIpc) is 3.18. The van der Waals surface area contributed by atoms with Crippen molar-refractivity contribution < 1.29 is 14.3 Å². The Bertz CT molecular complexity index is 870. The average molecular weight is 342 g/mol. The topological polar surface area (TPSA) is 84.8 Å². The fourth-order valence-corrected chi connectivity index (χ4v) is 3.85. The fourth-order valence-electron chi connectivity index (χ4n) is 2.70. The molecule has 8 heteroatoms. The van der Waals surface area contributed by atoms with Crippen molar-refractivity contribution in [2.45, 2.75) is 4.87 Å². The van der Waals surface area contributed by atoms with Gasteiger partial charge in [0.05, 0.1) is 19.9 Å². The van der Waals surface area contributed by atoms with Crippen molar-refractivity contribution >= 4 is 28.4 Å². The highest BCUT2D eigenvalue weighted by molar-refractivity contribution is 8.16. The van der Waals surface area contributed by atoms with Gasteiger partial charge in [-0.1, -0.05) is 11.8 Å². The second-order valence-electron chi connectivity index (χ2n) is 5.26. The first-order chi connectivity index (χ1) is 11.7. The van der Waals surface area contributed by atoms with Crippen LogP contribution in [0.2, 0.25) is 0 Å². The highest BCUT2D eigenvalue weighted by atomic mass is 32.2. The molecule has 0 saturated carbocycles. The molecule has 122 valence electrons. The Morgan fingerprint density at radius 1 is 1.17 bits per heavy atom. The molecule has 1 unspecified atom stereocenters. The summed E-state index contributed by atoms with van der Waals surface area (Å²) in [4.78, 5) is 15.7. The SMILES string of the molecule is COc1ccc2c(c1)NC(=O)C21NN=C(c2ccnc(OC)c2)S1. The number of benzene rings is 1. The number of hydrogen-bond acceptors (Lipinski definition) is 7. The first-order valence-electron chi connectivity index (χ1n) is 7.20. The number of aromatic nitrogens is 1. The van der Waals surface area contributed by atoms with Crippen molar-refractivity contribution in [3.05, 3.63) is 47.7 Å². The monoisotopic (exact) mass is 342 g/mol. The van der Waals surface area contributed by atoms with Gasteiger partial charge in [-0.2, -0.15) is 5.10 Å². The van der Waals surface area contributed by atoms with Crippen molar-refractivity contribution in [2.24, 2.45) is 5.10 Å². The van der Waals surface area contributed by atoms with Gasteiger partial charge in [-0.05, 0) is 18.2 Å². The summed E-state index contributed by atoms with van der Waals surface area (Å²) < 4.78 is 10.4. The molecule has 0 bridgehead atoms. The second-order valence-corrected chi connectivity index (χ2v) is 6.47. The number of carbonyl (C=O) groups excluding carboxylic acids is 1. The molecule has 2 aliphatic heterocycles. The standard InChI is InChI=1S/C16H14N4O3S/c1-22-10-3-4-11-12(8-10)18-15(21)16(11)20-19-14(24-16)9-5-6-17-13(7-9)23-2/h3-8,20H,1-2H3,(H,18,21). The Morgan fingerprint density at radius 2 is 2.04 bits per heavy atom. The van der Waals surface area contributed by atoms with Crippen LogP contribution in [-0.2, 0) is 9.67 Å². The Balaban J connectivity index is 1.69. The molecule has 7 nitrogen and oxygen atoms in total. The van der Waals surface area contributed by atoms with Crippen LogP contribution >= 0.6 is 11.8 Å². The number of amides is 1. The Kier molecular flexibility index (Phi) is 3.34. The van der Waals surface area contributed by atoms with Crippen LogP contribution in [0.1, 0.15) is 11.1 Å². The number of carbonyl (C=O) groups is 1. The van der Waals surface area contributed by atoms with Gasteiger partial charge in [0.1, 0.15) is 10.8 Å².